The lowest BCUT2D eigenvalue weighted by Crippen LogP contribution is -2.50. The summed E-state index contributed by atoms with van der Waals surface area (Å²) < 4.78 is 3.80. The van der Waals surface area contributed by atoms with E-state index in [1.807, 2.05) is 0 Å². The Bertz CT molecular complexity index is 1060. The van der Waals surface area contributed by atoms with Gasteiger partial charge < -0.3 is 9.47 Å². The van der Waals surface area contributed by atoms with E-state index < -0.39 is 0 Å². The summed E-state index contributed by atoms with van der Waals surface area (Å²) in [5, 5.41) is 4.60. The fourth-order valence-electron chi connectivity index (χ4n) is 4.19. The Balaban J connectivity index is 1.35. The van der Waals surface area contributed by atoms with Gasteiger partial charge in [0.05, 0.1) is 17.8 Å². The van der Waals surface area contributed by atoms with Gasteiger partial charge in [-0.3, -0.25) is 4.79 Å². The molecule has 0 bridgehead atoms. The molecule has 4 heterocycles. The smallest absolute Gasteiger partial charge is 0.267 e. The number of hydrogen-bond acceptors (Lipinski definition) is 5. The van der Waals surface area contributed by atoms with Crippen molar-refractivity contribution >= 4 is 16.9 Å². The zero-order valence-electron chi connectivity index (χ0n) is 15.1. The van der Waals surface area contributed by atoms with Crippen molar-refractivity contribution in [3.8, 4) is 0 Å². The van der Waals surface area contributed by atoms with Crippen LogP contribution in [0.1, 0.15) is 23.4 Å². The minimum absolute atomic E-state index is 0.0339. The summed E-state index contributed by atoms with van der Waals surface area (Å²) in [5.41, 5.74) is 5.52. The molecule has 2 aliphatic rings. The normalized spacial score (nSPS) is 16.9. The molecular weight excluding hydrogens is 328 g/mol. The predicted octanol–water partition coefficient (Wildman–Crippen LogP) is 1.46. The molecule has 1 aliphatic carbocycles. The number of nitrogens with zero attached hydrogens (tertiary/aromatic N) is 6. The molecule has 0 aromatic carbocycles. The second-order valence-electron chi connectivity index (χ2n) is 7.54. The first-order chi connectivity index (χ1) is 12.6. The highest BCUT2D eigenvalue weighted by Crippen LogP contribution is 2.30. The second kappa shape index (κ2) is 5.65. The molecule has 1 fully saturated rings. The van der Waals surface area contributed by atoms with Crippen molar-refractivity contribution in [3.05, 3.63) is 45.8 Å². The first-order valence-corrected chi connectivity index (χ1v) is 9.22. The molecule has 0 N–H and O–H groups in total. The van der Waals surface area contributed by atoms with Crippen LogP contribution in [0.5, 0.6) is 0 Å². The molecule has 134 valence electrons. The number of aryl methyl sites for hydroxylation is 4. The van der Waals surface area contributed by atoms with Crippen molar-refractivity contribution in [2.45, 2.75) is 32.7 Å². The Labute approximate surface area is 151 Å². The third-order valence-electron chi connectivity index (χ3n) is 5.75. The van der Waals surface area contributed by atoms with Gasteiger partial charge in [0.25, 0.3) is 5.56 Å². The third kappa shape index (κ3) is 2.34. The van der Waals surface area contributed by atoms with Crippen LogP contribution in [-0.4, -0.2) is 37.4 Å². The standard InChI is InChI=1S/C19H22N6O/c1-12-6-16-18(23(12)2)19(21-11-20-16)24-8-13(9-24)10-25-17(26)7-14-4-3-5-15(14)22-25/h6-7,11,13H,3-5,8-10H2,1-2H3. The van der Waals surface area contributed by atoms with Crippen molar-refractivity contribution in [3.63, 3.8) is 0 Å². The van der Waals surface area contributed by atoms with Crippen LogP contribution >= 0.6 is 0 Å². The number of fused-ring (bicyclic) bond motifs is 2. The van der Waals surface area contributed by atoms with Gasteiger partial charge in [-0.1, -0.05) is 0 Å². The molecule has 0 amide bonds. The van der Waals surface area contributed by atoms with Gasteiger partial charge in [0.15, 0.2) is 5.82 Å². The van der Waals surface area contributed by atoms with Crippen molar-refractivity contribution in [2.24, 2.45) is 13.0 Å². The second-order valence-corrected chi connectivity index (χ2v) is 7.54. The van der Waals surface area contributed by atoms with Crippen LogP contribution in [0.25, 0.3) is 11.0 Å². The minimum Gasteiger partial charge on any atom is -0.354 e. The van der Waals surface area contributed by atoms with Gasteiger partial charge in [0, 0.05) is 37.8 Å². The summed E-state index contributed by atoms with van der Waals surface area (Å²) in [5.74, 6) is 1.40. The Kier molecular flexibility index (Phi) is 3.38. The average molecular weight is 350 g/mol. The highest BCUT2D eigenvalue weighted by Gasteiger charge is 2.31. The predicted molar refractivity (Wildman–Crippen MR) is 99.5 cm³/mol. The van der Waals surface area contributed by atoms with Gasteiger partial charge in [-0.25, -0.2) is 14.6 Å². The molecule has 0 unspecified atom stereocenters. The van der Waals surface area contributed by atoms with Crippen molar-refractivity contribution in [2.75, 3.05) is 18.0 Å². The maximum atomic E-state index is 12.3. The minimum atomic E-state index is 0.0339. The fraction of sp³-hybridized carbons (Fsp3) is 0.474. The van der Waals surface area contributed by atoms with Crippen LogP contribution in [0.3, 0.4) is 0 Å². The highest BCUT2D eigenvalue weighted by atomic mass is 16.1. The lowest BCUT2D eigenvalue weighted by Gasteiger charge is -2.40. The summed E-state index contributed by atoms with van der Waals surface area (Å²) in [7, 11) is 2.05. The van der Waals surface area contributed by atoms with E-state index >= 15 is 0 Å². The van der Waals surface area contributed by atoms with E-state index in [9.17, 15) is 4.79 Å². The molecule has 0 saturated carbocycles. The Hall–Kier alpha value is -2.70. The van der Waals surface area contributed by atoms with Crippen molar-refractivity contribution < 1.29 is 0 Å². The molecule has 5 rings (SSSR count). The summed E-state index contributed by atoms with van der Waals surface area (Å²) in [6, 6.07) is 3.87. The Morgan fingerprint density at radius 2 is 2.04 bits per heavy atom. The molecule has 7 nitrogen and oxygen atoms in total. The molecule has 26 heavy (non-hydrogen) atoms. The molecule has 7 heteroatoms. The zero-order chi connectivity index (χ0) is 17.8. The van der Waals surface area contributed by atoms with Crippen LogP contribution in [-0.2, 0) is 26.4 Å². The van der Waals surface area contributed by atoms with Crippen LogP contribution < -0.4 is 10.5 Å². The quantitative estimate of drug-likeness (QED) is 0.715. The monoisotopic (exact) mass is 350 g/mol. The summed E-state index contributed by atoms with van der Waals surface area (Å²) in [6.45, 7) is 4.54. The number of hydrogen-bond donors (Lipinski definition) is 0. The van der Waals surface area contributed by atoms with Gasteiger partial charge in [-0.15, -0.1) is 0 Å². The van der Waals surface area contributed by atoms with Crippen molar-refractivity contribution in [1.29, 1.82) is 0 Å². The zero-order valence-corrected chi connectivity index (χ0v) is 15.1. The number of anilines is 1. The summed E-state index contributed by atoms with van der Waals surface area (Å²) in [4.78, 5) is 23.5. The van der Waals surface area contributed by atoms with E-state index in [1.165, 1.54) is 5.69 Å². The maximum Gasteiger partial charge on any atom is 0.267 e. The van der Waals surface area contributed by atoms with Gasteiger partial charge in [-0.2, -0.15) is 5.10 Å². The maximum absolute atomic E-state index is 12.3. The number of rotatable bonds is 3. The third-order valence-corrected chi connectivity index (χ3v) is 5.75. The van der Waals surface area contributed by atoms with E-state index in [4.69, 9.17) is 0 Å². The van der Waals surface area contributed by atoms with Crippen LogP contribution in [0.4, 0.5) is 5.82 Å². The van der Waals surface area contributed by atoms with Gasteiger partial charge in [0.1, 0.15) is 11.8 Å². The molecule has 1 saturated heterocycles. The lowest BCUT2D eigenvalue weighted by molar-refractivity contribution is 0.332. The SMILES string of the molecule is Cc1cc2ncnc(N3CC(Cn4nc5c(cc4=O)CCC5)C3)c2n1C. The van der Waals surface area contributed by atoms with E-state index in [2.05, 4.69) is 44.6 Å². The van der Waals surface area contributed by atoms with Gasteiger partial charge in [0.2, 0.25) is 0 Å². The largest absolute Gasteiger partial charge is 0.354 e. The molecule has 0 radical (unpaired) electrons. The highest BCUT2D eigenvalue weighted by molar-refractivity contribution is 5.87. The van der Waals surface area contributed by atoms with E-state index in [-0.39, 0.29) is 5.56 Å². The molecule has 3 aromatic heterocycles. The van der Waals surface area contributed by atoms with Gasteiger partial charge in [-0.05, 0) is 37.8 Å². The topological polar surface area (TPSA) is 68.8 Å². The lowest BCUT2D eigenvalue weighted by atomic mass is 10.00. The van der Waals surface area contributed by atoms with Crippen LogP contribution in [0, 0.1) is 12.8 Å². The van der Waals surface area contributed by atoms with Crippen LogP contribution in [0.2, 0.25) is 0 Å². The molecule has 0 spiro atoms. The van der Waals surface area contributed by atoms with E-state index in [0.29, 0.717) is 12.5 Å². The van der Waals surface area contributed by atoms with E-state index in [1.54, 1.807) is 17.1 Å². The molecule has 0 atom stereocenters. The van der Waals surface area contributed by atoms with Crippen molar-refractivity contribution in [1.82, 2.24) is 24.3 Å². The first kappa shape index (κ1) is 15.5. The summed E-state index contributed by atoms with van der Waals surface area (Å²) >= 11 is 0. The first-order valence-electron chi connectivity index (χ1n) is 9.22. The molecular formula is C19H22N6O. The van der Waals surface area contributed by atoms with Gasteiger partial charge >= 0.3 is 0 Å². The van der Waals surface area contributed by atoms with Crippen LogP contribution in [0.15, 0.2) is 23.3 Å². The number of aromatic nitrogens is 5. The Morgan fingerprint density at radius 3 is 2.88 bits per heavy atom. The fourth-order valence-corrected chi connectivity index (χ4v) is 4.19. The van der Waals surface area contributed by atoms with E-state index in [0.717, 1.165) is 60.5 Å². The Morgan fingerprint density at radius 1 is 1.19 bits per heavy atom. The average Bonchev–Trinajstić information content (AvgIpc) is 3.15. The summed E-state index contributed by atoms with van der Waals surface area (Å²) in [6.07, 6.45) is 4.74. The molecule has 3 aromatic rings. The molecule has 1 aliphatic heterocycles.